The number of rotatable bonds is 3. The van der Waals surface area contributed by atoms with Gasteiger partial charge in [-0.2, -0.15) is 0 Å². The summed E-state index contributed by atoms with van der Waals surface area (Å²) in [5, 5.41) is 7.46. The van der Waals surface area contributed by atoms with Gasteiger partial charge in [0, 0.05) is 24.1 Å². The van der Waals surface area contributed by atoms with Crippen LogP contribution < -0.4 is 5.32 Å². The summed E-state index contributed by atoms with van der Waals surface area (Å²) in [6.45, 7) is 7.23. The van der Waals surface area contributed by atoms with Crippen molar-refractivity contribution in [2.24, 2.45) is 0 Å². The van der Waals surface area contributed by atoms with Crippen LogP contribution in [0.5, 0.6) is 0 Å². The predicted octanol–water partition coefficient (Wildman–Crippen LogP) is 2.22. The molecule has 1 aromatic heterocycles. The zero-order valence-corrected chi connectivity index (χ0v) is 9.13. The second-order valence-corrected chi connectivity index (χ2v) is 5.09. The van der Waals surface area contributed by atoms with Crippen molar-refractivity contribution in [2.75, 3.05) is 0 Å². The molecule has 78 valence electrons. The van der Waals surface area contributed by atoms with Crippen molar-refractivity contribution in [2.45, 2.75) is 51.6 Å². The Morgan fingerprint density at radius 3 is 2.71 bits per heavy atom. The molecule has 0 atom stereocenters. The van der Waals surface area contributed by atoms with E-state index >= 15 is 0 Å². The van der Waals surface area contributed by atoms with Gasteiger partial charge in [0.1, 0.15) is 5.76 Å². The van der Waals surface area contributed by atoms with Crippen molar-refractivity contribution < 1.29 is 4.52 Å². The Balaban J connectivity index is 1.94. The van der Waals surface area contributed by atoms with Gasteiger partial charge in [0.2, 0.25) is 0 Å². The van der Waals surface area contributed by atoms with E-state index in [1.807, 2.05) is 0 Å². The molecule has 1 aliphatic rings. The fourth-order valence-corrected chi connectivity index (χ4v) is 1.28. The molecule has 1 saturated carbocycles. The van der Waals surface area contributed by atoms with Gasteiger partial charge in [0.05, 0.1) is 5.69 Å². The van der Waals surface area contributed by atoms with Gasteiger partial charge in [-0.3, -0.25) is 0 Å². The van der Waals surface area contributed by atoms with Crippen LogP contribution in [0, 0.1) is 0 Å². The van der Waals surface area contributed by atoms with Gasteiger partial charge in [-0.25, -0.2) is 0 Å². The summed E-state index contributed by atoms with van der Waals surface area (Å²) < 4.78 is 5.29. The van der Waals surface area contributed by atoms with Gasteiger partial charge < -0.3 is 9.84 Å². The van der Waals surface area contributed by atoms with Gasteiger partial charge in [-0.1, -0.05) is 25.9 Å². The second kappa shape index (κ2) is 3.39. The van der Waals surface area contributed by atoms with Gasteiger partial charge >= 0.3 is 0 Å². The molecule has 0 radical (unpaired) electrons. The van der Waals surface area contributed by atoms with E-state index in [1.54, 1.807) is 0 Å². The van der Waals surface area contributed by atoms with Crippen molar-refractivity contribution in [3.05, 3.63) is 17.5 Å². The molecule has 0 spiro atoms. The maximum absolute atomic E-state index is 5.29. The Morgan fingerprint density at radius 2 is 2.21 bits per heavy atom. The molecular formula is C11H18N2O. The van der Waals surface area contributed by atoms with E-state index < -0.39 is 0 Å². The van der Waals surface area contributed by atoms with Gasteiger partial charge in [0.15, 0.2) is 0 Å². The highest BCUT2D eigenvalue weighted by molar-refractivity contribution is 5.13. The van der Waals surface area contributed by atoms with Crippen molar-refractivity contribution >= 4 is 0 Å². The number of aromatic nitrogens is 1. The molecular weight excluding hydrogens is 176 g/mol. The molecule has 0 aliphatic heterocycles. The van der Waals surface area contributed by atoms with Crippen LogP contribution >= 0.6 is 0 Å². The van der Waals surface area contributed by atoms with E-state index in [1.165, 1.54) is 12.8 Å². The minimum Gasteiger partial charge on any atom is -0.361 e. The second-order valence-electron chi connectivity index (χ2n) is 5.09. The maximum Gasteiger partial charge on any atom is 0.142 e. The van der Waals surface area contributed by atoms with Crippen LogP contribution in [0.2, 0.25) is 0 Å². The summed E-state index contributed by atoms with van der Waals surface area (Å²) in [4.78, 5) is 0. The molecule has 0 unspecified atom stereocenters. The molecule has 1 aromatic rings. The van der Waals surface area contributed by atoms with Crippen molar-refractivity contribution in [1.82, 2.24) is 10.5 Å². The minimum absolute atomic E-state index is 0.0603. The Kier molecular flexibility index (Phi) is 2.35. The predicted molar refractivity (Wildman–Crippen MR) is 55.1 cm³/mol. The summed E-state index contributed by atoms with van der Waals surface area (Å²) in [7, 11) is 0. The van der Waals surface area contributed by atoms with Crippen molar-refractivity contribution in [1.29, 1.82) is 0 Å². The van der Waals surface area contributed by atoms with E-state index in [2.05, 4.69) is 37.3 Å². The summed E-state index contributed by atoms with van der Waals surface area (Å²) >= 11 is 0. The van der Waals surface area contributed by atoms with E-state index in [-0.39, 0.29) is 5.41 Å². The molecule has 0 bridgehead atoms. The number of hydrogen-bond donors (Lipinski definition) is 1. The fourth-order valence-electron chi connectivity index (χ4n) is 1.28. The van der Waals surface area contributed by atoms with Crippen LogP contribution in [-0.2, 0) is 12.0 Å². The van der Waals surface area contributed by atoms with Crippen molar-refractivity contribution in [3.8, 4) is 0 Å². The molecule has 0 saturated heterocycles. The lowest BCUT2D eigenvalue weighted by Gasteiger charge is -2.12. The van der Waals surface area contributed by atoms with Gasteiger partial charge in [0.25, 0.3) is 0 Å². The topological polar surface area (TPSA) is 38.1 Å². The van der Waals surface area contributed by atoms with Crippen LogP contribution in [0.1, 0.15) is 45.1 Å². The van der Waals surface area contributed by atoms with Gasteiger partial charge in [-0.05, 0) is 12.8 Å². The summed E-state index contributed by atoms with van der Waals surface area (Å²) in [5.41, 5.74) is 1.08. The average Bonchev–Trinajstić information content (AvgIpc) is 2.77. The van der Waals surface area contributed by atoms with Crippen LogP contribution in [0.4, 0.5) is 0 Å². The minimum atomic E-state index is 0.0603. The quantitative estimate of drug-likeness (QED) is 0.801. The van der Waals surface area contributed by atoms with Gasteiger partial charge in [-0.15, -0.1) is 0 Å². The third-order valence-corrected chi connectivity index (χ3v) is 2.45. The SMILES string of the molecule is CC(C)(C)c1cc(CNC2CC2)no1. The molecule has 1 heterocycles. The normalized spacial score (nSPS) is 17.4. The summed E-state index contributed by atoms with van der Waals surface area (Å²) in [5.74, 6) is 0.963. The molecule has 14 heavy (non-hydrogen) atoms. The summed E-state index contributed by atoms with van der Waals surface area (Å²) in [6, 6.07) is 2.78. The zero-order valence-electron chi connectivity index (χ0n) is 9.13. The Labute approximate surface area is 84.9 Å². The van der Waals surface area contributed by atoms with Crippen LogP contribution in [0.25, 0.3) is 0 Å². The first-order valence-electron chi connectivity index (χ1n) is 5.25. The molecule has 0 aromatic carbocycles. The standard InChI is InChI=1S/C11H18N2O/c1-11(2,3)10-6-9(13-14-10)7-12-8-4-5-8/h6,8,12H,4-5,7H2,1-3H3. The number of hydrogen-bond acceptors (Lipinski definition) is 3. The highest BCUT2D eigenvalue weighted by Crippen LogP contribution is 2.23. The van der Waals surface area contributed by atoms with Crippen molar-refractivity contribution in [3.63, 3.8) is 0 Å². The third kappa shape index (κ3) is 2.35. The summed E-state index contributed by atoms with van der Waals surface area (Å²) in [6.07, 6.45) is 2.62. The molecule has 1 aliphatic carbocycles. The van der Waals surface area contributed by atoms with E-state index in [9.17, 15) is 0 Å². The monoisotopic (exact) mass is 194 g/mol. The Bertz CT molecular complexity index is 307. The smallest absolute Gasteiger partial charge is 0.142 e. The lowest BCUT2D eigenvalue weighted by molar-refractivity contribution is 0.325. The molecule has 1 N–H and O–H groups in total. The lowest BCUT2D eigenvalue weighted by Crippen LogP contribution is -2.15. The van der Waals surface area contributed by atoms with E-state index in [4.69, 9.17) is 4.52 Å². The highest BCUT2D eigenvalue weighted by atomic mass is 16.5. The zero-order chi connectivity index (χ0) is 10.2. The largest absolute Gasteiger partial charge is 0.361 e. The van der Waals surface area contributed by atoms with E-state index in [0.717, 1.165) is 24.0 Å². The van der Waals surface area contributed by atoms with Crippen LogP contribution in [0.3, 0.4) is 0 Å². The molecule has 2 rings (SSSR count). The Morgan fingerprint density at radius 1 is 1.50 bits per heavy atom. The first-order valence-corrected chi connectivity index (χ1v) is 5.25. The lowest BCUT2D eigenvalue weighted by atomic mass is 9.93. The third-order valence-electron chi connectivity index (χ3n) is 2.45. The highest BCUT2D eigenvalue weighted by Gasteiger charge is 2.22. The van der Waals surface area contributed by atoms with Crippen LogP contribution in [0.15, 0.2) is 10.6 Å². The first-order chi connectivity index (χ1) is 6.55. The van der Waals surface area contributed by atoms with E-state index in [0.29, 0.717) is 0 Å². The number of nitrogens with one attached hydrogen (secondary N) is 1. The number of nitrogens with zero attached hydrogens (tertiary/aromatic N) is 1. The molecule has 3 heteroatoms. The average molecular weight is 194 g/mol. The molecule has 3 nitrogen and oxygen atoms in total. The maximum atomic E-state index is 5.29. The Hall–Kier alpha value is -0.830. The first kappa shape index (κ1) is 9.71. The molecule has 1 fully saturated rings. The molecule has 0 amide bonds. The van der Waals surface area contributed by atoms with Crippen LogP contribution in [-0.4, -0.2) is 11.2 Å². The fraction of sp³-hybridized carbons (Fsp3) is 0.727.